The maximum atomic E-state index is 14.4. The molecule has 0 radical (unpaired) electrons. The summed E-state index contributed by atoms with van der Waals surface area (Å²) in [4.78, 5) is 5.85. The first-order valence-corrected chi connectivity index (χ1v) is 8.94. The zero-order valence-electron chi connectivity index (χ0n) is 15.1. The van der Waals surface area contributed by atoms with E-state index in [-0.39, 0.29) is 11.6 Å². The molecule has 3 rings (SSSR count). The summed E-state index contributed by atoms with van der Waals surface area (Å²) in [7, 11) is 1.43. The number of rotatable bonds is 6. The lowest BCUT2D eigenvalue weighted by Crippen LogP contribution is -2.51. The number of alkyl halides is 1. The number of hydrogen-bond acceptors (Lipinski definition) is 4. The molecule has 2 heterocycles. The van der Waals surface area contributed by atoms with Gasteiger partial charge in [0.15, 0.2) is 5.82 Å². The van der Waals surface area contributed by atoms with E-state index in [9.17, 15) is 13.2 Å². The van der Waals surface area contributed by atoms with E-state index in [0.717, 1.165) is 25.7 Å². The van der Waals surface area contributed by atoms with Gasteiger partial charge in [0.1, 0.15) is 23.3 Å². The Morgan fingerprint density at radius 2 is 2.12 bits per heavy atom. The maximum absolute atomic E-state index is 14.4. The van der Waals surface area contributed by atoms with Crippen LogP contribution in [0.2, 0.25) is 0 Å². The molecule has 2 atom stereocenters. The molecule has 1 fully saturated rings. The van der Waals surface area contributed by atoms with Gasteiger partial charge in [0.2, 0.25) is 0 Å². The van der Waals surface area contributed by atoms with Gasteiger partial charge in [-0.15, -0.1) is 0 Å². The van der Waals surface area contributed by atoms with Gasteiger partial charge in [-0.3, -0.25) is 9.88 Å². The lowest BCUT2D eigenvalue weighted by Gasteiger charge is -2.35. The number of fused-ring (bicyclic) bond motifs is 1. The van der Waals surface area contributed by atoms with E-state index in [4.69, 9.17) is 4.74 Å². The summed E-state index contributed by atoms with van der Waals surface area (Å²) in [6.45, 7) is 4.28. The molecule has 142 valence electrons. The minimum Gasteiger partial charge on any atom is -0.497 e. The summed E-state index contributed by atoms with van der Waals surface area (Å²) in [5.74, 6) is -0.709. The number of benzene rings is 1. The van der Waals surface area contributed by atoms with Gasteiger partial charge in [-0.25, -0.2) is 13.2 Å². The fourth-order valence-electron chi connectivity index (χ4n) is 3.57. The molecule has 4 nitrogen and oxygen atoms in total. The highest BCUT2D eigenvalue weighted by atomic mass is 19.1. The van der Waals surface area contributed by atoms with Gasteiger partial charge >= 0.3 is 0 Å². The second kappa shape index (κ2) is 8.22. The average molecular weight is 367 g/mol. The smallest absolute Gasteiger partial charge is 0.153 e. The third-order valence-corrected chi connectivity index (χ3v) is 4.96. The number of ether oxygens (including phenoxy) is 1. The van der Waals surface area contributed by atoms with Crippen LogP contribution < -0.4 is 10.1 Å². The molecule has 1 aliphatic heterocycles. The van der Waals surface area contributed by atoms with E-state index in [0.29, 0.717) is 36.2 Å². The first-order chi connectivity index (χ1) is 12.5. The number of piperidine rings is 1. The van der Waals surface area contributed by atoms with Crippen LogP contribution in [0.1, 0.15) is 18.9 Å². The quantitative estimate of drug-likeness (QED) is 0.852. The molecule has 0 aliphatic carbocycles. The Balaban J connectivity index is 1.77. The number of hydrogen-bond donors (Lipinski definition) is 1. The minimum absolute atomic E-state index is 0.118. The van der Waals surface area contributed by atoms with Crippen molar-refractivity contribution in [2.75, 3.05) is 33.3 Å². The lowest BCUT2D eigenvalue weighted by atomic mass is 10.0. The van der Waals surface area contributed by atoms with Crippen molar-refractivity contribution in [3.8, 4) is 5.75 Å². The normalized spacial score (nSPS) is 21.3. The Morgan fingerprint density at radius 1 is 1.31 bits per heavy atom. The molecule has 0 spiro atoms. The van der Waals surface area contributed by atoms with Crippen molar-refractivity contribution >= 4 is 10.9 Å². The maximum Gasteiger partial charge on any atom is 0.153 e. The number of aromatic nitrogens is 1. The van der Waals surface area contributed by atoms with E-state index in [1.54, 1.807) is 6.07 Å². The topological polar surface area (TPSA) is 37.4 Å². The fraction of sp³-hybridized carbons (Fsp3) is 0.526. The zero-order chi connectivity index (χ0) is 18.7. The second-order valence-electron chi connectivity index (χ2n) is 6.61. The van der Waals surface area contributed by atoms with E-state index in [1.807, 2.05) is 11.8 Å². The van der Waals surface area contributed by atoms with Crippen LogP contribution in [0.5, 0.6) is 5.75 Å². The predicted molar refractivity (Wildman–Crippen MR) is 95.3 cm³/mol. The van der Waals surface area contributed by atoms with Crippen molar-refractivity contribution in [1.29, 1.82) is 0 Å². The monoisotopic (exact) mass is 367 g/mol. The lowest BCUT2D eigenvalue weighted by molar-refractivity contribution is 0.105. The minimum atomic E-state index is -0.944. The first kappa shape index (κ1) is 18.9. The van der Waals surface area contributed by atoms with Crippen LogP contribution in [0, 0.1) is 11.6 Å². The molecular weight excluding hydrogens is 343 g/mol. The zero-order valence-corrected chi connectivity index (χ0v) is 15.1. The van der Waals surface area contributed by atoms with E-state index >= 15 is 0 Å². The van der Waals surface area contributed by atoms with Crippen molar-refractivity contribution in [3.63, 3.8) is 0 Å². The number of methoxy groups -OCH3 is 1. The van der Waals surface area contributed by atoms with E-state index in [1.165, 1.54) is 13.2 Å². The number of halogens is 3. The molecule has 0 amide bonds. The summed E-state index contributed by atoms with van der Waals surface area (Å²) >= 11 is 0. The largest absolute Gasteiger partial charge is 0.497 e. The van der Waals surface area contributed by atoms with Crippen molar-refractivity contribution in [1.82, 2.24) is 15.2 Å². The van der Waals surface area contributed by atoms with Gasteiger partial charge in [0, 0.05) is 36.1 Å². The molecule has 0 bridgehead atoms. The van der Waals surface area contributed by atoms with Crippen LogP contribution in [0.3, 0.4) is 0 Å². The van der Waals surface area contributed by atoms with Crippen LogP contribution in [0.4, 0.5) is 13.2 Å². The SMILES string of the molecule is CCNC1CCN(CCc2c(F)cnc3c(F)cc(OC)cc23)CC1F. The van der Waals surface area contributed by atoms with Crippen molar-refractivity contribution in [2.24, 2.45) is 0 Å². The highest BCUT2D eigenvalue weighted by molar-refractivity contribution is 5.84. The summed E-state index contributed by atoms with van der Waals surface area (Å²) in [5.41, 5.74) is 0.508. The first-order valence-electron chi connectivity index (χ1n) is 8.94. The average Bonchev–Trinajstić information content (AvgIpc) is 2.62. The second-order valence-corrected chi connectivity index (χ2v) is 6.61. The Bertz CT molecular complexity index is 771. The fourth-order valence-corrected chi connectivity index (χ4v) is 3.57. The molecule has 2 unspecified atom stereocenters. The number of nitrogens with zero attached hydrogens (tertiary/aromatic N) is 2. The van der Waals surface area contributed by atoms with Crippen LogP contribution >= 0.6 is 0 Å². The van der Waals surface area contributed by atoms with Gasteiger partial charge in [0.25, 0.3) is 0 Å². The summed E-state index contributed by atoms with van der Waals surface area (Å²) in [5, 5.41) is 3.56. The number of likely N-dealkylation sites (tertiary alicyclic amines) is 1. The van der Waals surface area contributed by atoms with Crippen molar-refractivity contribution in [3.05, 3.63) is 35.5 Å². The van der Waals surface area contributed by atoms with E-state index in [2.05, 4.69) is 10.3 Å². The van der Waals surface area contributed by atoms with Crippen LogP contribution in [-0.4, -0.2) is 55.4 Å². The molecule has 1 aromatic heterocycles. The summed E-state index contributed by atoms with van der Waals surface area (Å²) in [6.07, 6.45) is 1.18. The van der Waals surface area contributed by atoms with Gasteiger partial charge < -0.3 is 10.1 Å². The molecule has 1 aromatic carbocycles. The molecule has 1 N–H and O–H groups in total. The van der Waals surface area contributed by atoms with Crippen molar-refractivity contribution in [2.45, 2.75) is 32.0 Å². The highest BCUT2D eigenvalue weighted by Crippen LogP contribution is 2.28. The van der Waals surface area contributed by atoms with Crippen LogP contribution in [0.25, 0.3) is 10.9 Å². The summed E-state index contributed by atoms with van der Waals surface area (Å²) < 4.78 is 47.9. The Morgan fingerprint density at radius 3 is 2.81 bits per heavy atom. The van der Waals surface area contributed by atoms with Crippen molar-refractivity contribution < 1.29 is 17.9 Å². The Labute approximate surface area is 151 Å². The number of nitrogens with one attached hydrogen (secondary N) is 1. The third kappa shape index (κ3) is 3.94. The molecule has 7 heteroatoms. The third-order valence-electron chi connectivity index (χ3n) is 4.96. The van der Waals surface area contributed by atoms with Gasteiger partial charge in [0.05, 0.1) is 13.3 Å². The Hall–Kier alpha value is -1.86. The molecule has 1 saturated heterocycles. The predicted octanol–water partition coefficient (Wildman–Crippen LogP) is 3.09. The van der Waals surface area contributed by atoms with Crippen LogP contribution in [-0.2, 0) is 6.42 Å². The molecule has 0 saturated carbocycles. The molecule has 1 aliphatic rings. The standard InChI is InChI=1S/C19H24F3N3O/c1-3-23-18-5-7-25(11-17(18)22)6-4-13-14-8-12(26-2)9-15(20)19(14)24-10-16(13)21/h8-10,17-18,23H,3-7,11H2,1-2H3. The molecule has 26 heavy (non-hydrogen) atoms. The van der Waals surface area contributed by atoms with Gasteiger partial charge in [-0.2, -0.15) is 0 Å². The Kier molecular flexibility index (Phi) is 5.98. The number of pyridine rings is 1. The van der Waals surface area contributed by atoms with Crippen LogP contribution in [0.15, 0.2) is 18.3 Å². The van der Waals surface area contributed by atoms with E-state index < -0.39 is 17.8 Å². The van der Waals surface area contributed by atoms with Gasteiger partial charge in [-0.1, -0.05) is 6.92 Å². The molecular formula is C19H24F3N3O. The highest BCUT2D eigenvalue weighted by Gasteiger charge is 2.28. The summed E-state index contributed by atoms with van der Waals surface area (Å²) in [6, 6.07) is 2.71. The van der Waals surface area contributed by atoms with Gasteiger partial charge in [-0.05, 0) is 32.0 Å². The molecule has 2 aromatic rings.